The van der Waals surface area contributed by atoms with Gasteiger partial charge in [0.05, 0.1) is 17.3 Å². The minimum absolute atomic E-state index is 0.0607. The topological polar surface area (TPSA) is 87.3 Å². The number of aromatic amines is 1. The van der Waals surface area contributed by atoms with Crippen molar-refractivity contribution in [2.75, 3.05) is 13.1 Å². The molecular weight excluding hydrogens is 308 g/mol. The summed E-state index contributed by atoms with van der Waals surface area (Å²) in [4.78, 5) is 25.9. The standard InChI is InChI=1S/C17H20N4O3/c1-11-15(12(2)20-19-11)16(22)21-8-14(9-21)18-17(23)24-10-13-6-4-3-5-7-13/h3-7,14H,8-10H2,1-2H3,(H,18,23)(H,19,20). The molecule has 1 aliphatic rings. The Morgan fingerprint density at radius 3 is 2.62 bits per heavy atom. The number of nitrogens with zero attached hydrogens (tertiary/aromatic N) is 2. The first-order valence-corrected chi connectivity index (χ1v) is 7.82. The number of amides is 2. The average Bonchev–Trinajstić information content (AvgIpc) is 2.88. The minimum Gasteiger partial charge on any atom is -0.445 e. The molecule has 0 saturated carbocycles. The number of carbonyl (C=O) groups excluding carboxylic acids is 2. The lowest BCUT2D eigenvalue weighted by atomic mass is 10.1. The Hall–Kier alpha value is -2.83. The molecule has 2 aromatic rings. The number of alkyl carbamates (subject to hydrolysis) is 1. The number of benzene rings is 1. The lowest BCUT2D eigenvalue weighted by Crippen LogP contribution is -2.61. The highest BCUT2D eigenvalue weighted by Crippen LogP contribution is 2.17. The van der Waals surface area contributed by atoms with Crippen molar-refractivity contribution >= 4 is 12.0 Å². The molecule has 0 aliphatic carbocycles. The summed E-state index contributed by atoms with van der Waals surface area (Å²) in [5.74, 6) is -0.0607. The molecule has 1 saturated heterocycles. The molecule has 2 N–H and O–H groups in total. The molecule has 0 unspecified atom stereocenters. The number of nitrogens with one attached hydrogen (secondary N) is 2. The van der Waals surface area contributed by atoms with Gasteiger partial charge in [-0.3, -0.25) is 9.89 Å². The van der Waals surface area contributed by atoms with E-state index in [0.717, 1.165) is 11.3 Å². The number of rotatable bonds is 4. The third-order valence-electron chi connectivity index (χ3n) is 4.05. The monoisotopic (exact) mass is 328 g/mol. The molecule has 2 heterocycles. The molecule has 7 nitrogen and oxygen atoms in total. The van der Waals surface area contributed by atoms with Crippen LogP contribution in [0.3, 0.4) is 0 Å². The molecule has 1 fully saturated rings. The fourth-order valence-corrected chi connectivity index (χ4v) is 2.69. The van der Waals surface area contributed by atoms with Crippen molar-refractivity contribution in [3.05, 3.63) is 52.8 Å². The summed E-state index contributed by atoms with van der Waals surface area (Å²) in [6.45, 7) is 4.80. The van der Waals surface area contributed by atoms with Gasteiger partial charge in [0.15, 0.2) is 0 Å². The summed E-state index contributed by atoms with van der Waals surface area (Å²) in [6.07, 6.45) is -0.466. The van der Waals surface area contributed by atoms with Gasteiger partial charge in [-0.2, -0.15) is 5.10 Å². The van der Waals surface area contributed by atoms with Gasteiger partial charge in [0, 0.05) is 18.8 Å². The summed E-state index contributed by atoms with van der Waals surface area (Å²) in [6, 6.07) is 9.41. The molecule has 1 aliphatic heterocycles. The second-order valence-electron chi connectivity index (χ2n) is 5.92. The smallest absolute Gasteiger partial charge is 0.407 e. The van der Waals surface area contributed by atoms with Crippen LogP contribution in [-0.2, 0) is 11.3 Å². The van der Waals surface area contributed by atoms with Gasteiger partial charge < -0.3 is 15.0 Å². The van der Waals surface area contributed by atoms with Crippen LogP contribution < -0.4 is 5.32 Å². The number of likely N-dealkylation sites (tertiary alicyclic amines) is 1. The zero-order valence-electron chi connectivity index (χ0n) is 13.7. The second-order valence-corrected chi connectivity index (χ2v) is 5.92. The summed E-state index contributed by atoms with van der Waals surface area (Å²) < 4.78 is 5.17. The summed E-state index contributed by atoms with van der Waals surface area (Å²) >= 11 is 0. The Bertz CT molecular complexity index is 716. The maximum Gasteiger partial charge on any atom is 0.407 e. The van der Waals surface area contributed by atoms with Gasteiger partial charge in [0.2, 0.25) is 0 Å². The minimum atomic E-state index is -0.466. The molecule has 0 spiro atoms. The predicted octanol–water partition coefficient (Wildman–Crippen LogP) is 1.78. The van der Waals surface area contributed by atoms with Crippen LogP contribution in [-0.4, -0.2) is 46.2 Å². The number of hydrogen-bond acceptors (Lipinski definition) is 4. The van der Waals surface area contributed by atoms with Crippen LogP contribution in [0.25, 0.3) is 0 Å². The SMILES string of the molecule is Cc1n[nH]c(C)c1C(=O)N1CC(NC(=O)OCc2ccccc2)C1. The average molecular weight is 328 g/mol. The highest BCUT2D eigenvalue weighted by molar-refractivity contribution is 5.97. The van der Waals surface area contributed by atoms with Crippen molar-refractivity contribution in [2.45, 2.75) is 26.5 Å². The predicted molar refractivity (Wildman–Crippen MR) is 87.5 cm³/mol. The first-order chi connectivity index (χ1) is 11.5. The van der Waals surface area contributed by atoms with Crippen LogP contribution in [0.1, 0.15) is 27.3 Å². The van der Waals surface area contributed by atoms with E-state index in [9.17, 15) is 9.59 Å². The van der Waals surface area contributed by atoms with E-state index in [0.29, 0.717) is 24.3 Å². The van der Waals surface area contributed by atoms with Crippen LogP contribution in [0.2, 0.25) is 0 Å². The number of carbonyl (C=O) groups is 2. The third-order valence-corrected chi connectivity index (χ3v) is 4.05. The summed E-state index contributed by atoms with van der Waals surface area (Å²) in [5, 5.41) is 9.61. The lowest BCUT2D eigenvalue weighted by Gasteiger charge is -2.39. The van der Waals surface area contributed by atoms with E-state index in [1.807, 2.05) is 37.3 Å². The second kappa shape index (κ2) is 6.74. The van der Waals surface area contributed by atoms with Crippen molar-refractivity contribution in [3.63, 3.8) is 0 Å². The molecule has 7 heteroatoms. The fourth-order valence-electron chi connectivity index (χ4n) is 2.69. The highest BCUT2D eigenvalue weighted by atomic mass is 16.5. The Kier molecular flexibility index (Phi) is 4.50. The molecule has 1 aromatic carbocycles. The maximum absolute atomic E-state index is 12.4. The van der Waals surface area contributed by atoms with E-state index in [4.69, 9.17) is 4.74 Å². The first-order valence-electron chi connectivity index (χ1n) is 7.82. The fraction of sp³-hybridized carbons (Fsp3) is 0.353. The number of H-pyrrole nitrogens is 1. The van der Waals surface area contributed by atoms with Crippen molar-refractivity contribution in [1.29, 1.82) is 0 Å². The van der Waals surface area contributed by atoms with Gasteiger partial charge in [-0.05, 0) is 19.4 Å². The summed E-state index contributed by atoms with van der Waals surface area (Å²) in [5.41, 5.74) is 3.00. The van der Waals surface area contributed by atoms with Crippen LogP contribution in [0.5, 0.6) is 0 Å². The Morgan fingerprint density at radius 2 is 2.00 bits per heavy atom. The van der Waals surface area contributed by atoms with E-state index < -0.39 is 6.09 Å². The van der Waals surface area contributed by atoms with Crippen LogP contribution in [0.4, 0.5) is 4.79 Å². The van der Waals surface area contributed by atoms with E-state index >= 15 is 0 Å². The third kappa shape index (κ3) is 3.40. The van der Waals surface area contributed by atoms with Gasteiger partial charge >= 0.3 is 6.09 Å². The lowest BCUT2D eigenvalue weighted by molar-refractivity contribution is 0.0544. The van der Waals surface area contributed by atoms with E-state index in [2.05, 4.69) is 15.5 Å². The maximum atomic E-state index is 12.4. The van der Waals surface area contributed by atoms with Gasteiger partial charge in [0.25, 0.3) is 5.91 Å². The van der Waals surface area contributed by atoms with Gasteiger partial charge in [-0.15, -0.1) is 0 Å². The van der Waals surface area contributed by atoms with Crippen molar-refractivity contribution < 1.29 is 14.3 Å². The van der Waals surface area contributed by atoms with Gasteiger partial charge in [-0.1, -0.05) is 30.3 Å². The number of aryl methyl sites for hydroxylation is 2. The van der Waals surface area contributed by atoms with Crippen LogP contribution in [0, 0.1) is 13.8 Å². The molecule has 3 rings (SSSR count). The van der Waals surface area contributed by atoms with E-state index in [-0.39, 0.29) is 18.6 Å². The van der Waals surface area contributed by atoms with Crippen molar-refractivity contribution in [3.8, 4) is 0 Å². The van der Waals surface area contributed by atoms with Crippen molar-refractivity contribution in [1.82, 2.24) is 20.4 Å². The molecule has 126 valence electrons. The number of aromatic nitrogens is 2. The van der Waals surface area contributed by atoms with Gasteiger partial charge in [-0.25, -0.2) is 4.79 Å². The van der Waals surface area contributed by atoms with E-state index in [1.165, 1.54) is 0 Å². The zero-order chi connectivity index (χ0) is 17.1. The Labute approximate surface area is 140 Å². The molecule has 2 amide bonds. The Morgan fingerprint density at radius 1 is 1.29 bits per heavy atom. The van der Waals surface area contributed by atoms with Gasteiger partial charge in [0.1, 0.15) is 6.61 Å². The molecular formula is C17H20N4O3. The summed E-state index contributed by atoms with van der Waals surface area (Å²) in [7, 11) is 0. The van der Waals surface area contributed by atoms with Crippen molar-refractivity contribution in [2.24, 2.45) is 0 Å². The highest BCUT2D eigenvalue weighted by Gasteiger charge is 2.34. The first kappa shape index (κ1) is 16.0. The normalized spacial score (nSPS) is 14.2. The molecule has 0 atom stereocenters. The number of hydrogen-bond donors (Lipinski definition) is 2. The molecule has 0 bridgehead atoms. The van der Waals surface area contributed by atoms with E-state index in [1.54, 1.807) is 11.8 Å². The molecule has 1 aromatic heterocycles. The Balaban J connectivity index is 1.44. The molecule has 24 heavy (non-hydrogen) atoms. The van der Waals surface area contributed by atoms with Crippen LogP contribution in [0.15, 0.2) is 30.3 Å². The largest absolute Gasteiger partial charge is 0.445 e. The number of ether oxygens (including phenoxy) is 1. The molecule has 0 radical (unpaired) electrons. The quantitative estimate of drug-likeness (QED) is 0.895. The van der Waals surface area contributed by atoms with Crippen LogP contribution >= 0.6 is 0 Å². The zero-order valence-corrected chi connectivity index (χ0v) is 13.7.